The summed E-state index contributed by atoms with van der Waals surface area (Å²) in [6.07, 6.45) is -3.99. The van der Waals surface area contributed by atoms with Gasteiger partial charge < -0.3 is 4.74 Å². The SMILES string of the molecule is CCOC(=O)C=C(CCc1ccccc1)C(F)(F)F. The molecule has 5 heteroatoms. The lowest BCUT2D eigenvalue weighted by Crippen LogP contribution is -2.15. The maximum Gasteiger partial charge on any atom is 0.412 e. The number of esters is 1. The van der Waals surface area contributed by atoms with Gasteiger partial charge in [-0.1, -0.05) is 30.3 Å². The Kier molecular flexibility index (Phi) is 5.60. The minimum atomic E-state index is -4.51. The zero-order valence-corrected chi connectivity index (χ0v) is 10.5. The number of hydrogen-bond donors (Lipinski definition) is 0. The average Bonchev–Trinajstić information content (AvgIpc) is 2.34. The highest BCUT2D eigenvalue weighted by atomic mass is 19.4. The minimum Gasteiger partial charge on any atom is -0.463 e. The molecule has 0 aliphatic carbocycles. The average molecular weight is 272 g/mol. The lowest BCUT2D eigenvalue weighted by atomic mass is 10.0. The molecule has 0 heterocycles. The fourth-order valence-corrected chi connectivity index (χ4v) is 1.55. The Bertz CT molecular complexity index is 436. The maximum atomic E-state index is 12.7. The third kappa shape index (κ3) is 5.59. The van der Waals surface area contributed by atoms with Crippen LogP contribution in [0.4, 0.5) is 13.2 Å². The second-order valence-corrected chi connectivity index (χ2v) is 3.90. The van der Waals surface area contributed by atoms with Crippen LogP contribution < -0.4 is 0 Å². The van der Waals surface area contributed by atoms with Gasteiger partial charge in [0.25, 0.3) is 0 Å². The fraction of sp³-hybridized carbons (Fsp3) is 0.357. The van der Waals surface area contributed by atoms with E-state index < -0.39 is 17.7 Å². The predicted molar refractivity (Wildman–Crippen MR) is 65.5 cm³/mol. The number of hydrogen-bond acceptors (Lipinski definition) is 2. The van der Waals surface area contributed by atoms with E-state index in [2.05, 4.69) is 4.74 Å². The molecule has 0 saturated carbocycles. The van der Waals surface area contributed by atoms with Gasteiger partial charge in [0.15, 0.2) is 0 Å². The third-order valence-electron chi connectivity index (χ3n) is 2.47. The molecule has 0 bridgehead atoms. The Morgan fingerprint density at radius 3 is 2.42 bits per heavy atom. The molecule has 1 aromatic carbocycles. The molecular weight excluding hydrogens is 257 g/mol. The van der Waals surface area contributed by atoms with Crippen molar-refractivity contribution in [1.29, 1.82) is 0 Å². The van der Waals surface area contributed by atoms with E-state index >= 15 is 0 Å². The minimum absolute atomic E-state index is 0.0547. The van der Waals surface area contributed by atoms with Gasteiger partial charge >= 0.3 is 12.1 Å². The normalized spacial score (nSPS) is 12.3. The number of carbonyl (C=O) groups excluding carboxylic acids is 1. The number of ether oxygens (including phenoxy) is 1. The molecule has 104 valence electrons. The van der Waals surface area contributed by atoms with Crippen molar-refractivity contribution in [2.45, 2.75) is 25.9 Å². The van der Waals surface area contributed by atoms with E-state index in [0.29, 0.717) is 6.08 Å². The van der Waals surface area contributed by atoms with Gasteiger partial charge in [-0.2, -0.15) is 13.2 Å². The van der Waals surface area contributed by atoms with Crippen LogP contribution in [0, 0.1) is 0 Å². The van der Waals surface area contributed by atoms with Crippen LogP contribution in [0.1, 0.15) is 18.9 Å². The van der Waals surface area contributed by atoms with Crippen molar-refractivity contribution in [2.24, 2.45) is 0 Å². The molecule has 0 aliphatic rings. The van der Waals surface area contributed by atoms with Crippen molar-refractivity contribution < 1.29 is 22.7 Å². The van der Waals surface area contributed by atoms with E-state index in [9.17, 15) is 18.0 Å². The first-order valence-corrected chi connectivity index (χ1v) is 5.92. The second kappa shape index (κ2) is 6.97. The highest BCUT2D eigenvalue weighted by Crippen LogP contribution is 2.29. The number of carbonyl (C=O) groups is 1. The molecule has 1 rings (SSSR count). The van der Waals surface area contributed by atoms with Crippen molar-refractivity contribution in [1.82, 2.24) is 0 Å². The maximum absolute atomic E-state index is 12.7. The first-order valence-electron chi connectivity index (χ1n) is 5.92. The lowest BCUT2D eigenvalue weighted by molar-refractivity contribution is -0.138. The topological polar surface area (TPSA) is 26.3 Å². The Morgan fingerprint density at radius 1 is 1.26 bits per heavy atom. The Hall–Kier alpha value is -1.78. The molecule has 0 radical (unpaired) electrons. The summed E-state index contributed by atoms with van der Waals surface area (Å²) in [5.74, 6) is -0.956. The van der Waals surface area contributed by atoms with E-state index in [0.717, 1.165) is 5.56 Å². The highest BCUT2D eigenvalue weighted by Gasteiger charge is 2.33. The smallest absolute Gasteiger partial charge is 0.412 e. The van der Waals surface area contributed by atoms with Crippen molar-refractivity contribution in [3.05, 3.63) is 47.5 Å². The van der Waals surface area contributed by atoms with Gasteiger partial charge in [-0.05, 0) is 25.3 Å². The van der Waals surface area contributed by atoms with Gasteiger partial charge in [-0.15, -0.1) is 0 Å². The summed E-state index contributed by atoms with van der Waals surface area (Å²) >= 11 is 0. The first kappa shape index (κ1) is 15.3. The summed E-state index contributed by atoms with van der Waals surface area (Å²) in [7, 11) is 0. The number of rotatable bonds is 5. The van der Waals surface area contributed by atoms with Crippen molar-refractivity contribution in [2.75, 3.05) is 6.61 Å². The molecule has 1 aromatic rings. The van der Waals surface area contributed by atoms with Crippen LogP contribution in [0.2, 0.25) is 0 Å². The predicted octanol–water partition coefficient (Wildman–Crippen LogP) is 3.67. The molecular formula is C14H15F3O2. The summed E-state index contributed by atoms with van der Waals surface area (Å²) in [6.45, 7) is 1.60. The molecule has 0 unspecified atom stereocenters. The summed E-state index contributed by atoms with van der Waals surface area (Å²) in [6, 6.07) is 8.81. The molecule has 0 atom stereocenters. The zero-order valence-electron chi connectivity index (χ0n) is 10.5. The summed E-state index contributed by atoms with van der Waals surface area (Å²) in [5, 5.41) is 0. The van der Waals surface area contributed by atoms with Crippen LogP contribution in [0.25, 0.3) is 0 Å². The van der Waals surface area contributed by atoms with Crippen molar-refractivity contribution in [3.8, 4) is 0 Å². The lowest BCUT2D eigenvalue weighted by Gasteiger charge is -2.11. The Balaban J connectivity index is 2.74. The standard InChI is InChI=1S/C14H15F3O2/c1-2-19-13(18)10-12(14(15,16)17)9-8-11-6-4-3-5-7-11/h3-7,10H,2,8-9H2,1H3. The molecule has 0 spiro atoms. The first-order chi connectivity index (χ1) is 8.93. The summed E-state index contributed by atoms with van der Waals surface area (Å²) < 4.78 is 42.7. The fourth-order valence-electron chi connectivity index (χ4n) is 1.55. The second-order valence-electron chi connectivity index (χ2n) is 3.90. The van der Waals surface area contributed by atoms with E-state index in [1.54, 1.807) is 37.3 Å². The van der Waals surface area contributed by atoms with Crippen LogP contribution in [0.5, 0.6) is 0 Å². The van der Waals surface area contributed by atoms with Crippen LogP contribution >= 0.6 is 0 Å². The summed E-state index contributed by atoms with van der Waals surface area (Å²) in [4.78, 5) is 11.1. The van der Waals surface area contributed by atoms with Crippen LogP contribution in [0.15, 0.2) is 42.0 Å². The van der Waals surface area contributed by atoms with Crippen LogP contribution in [0.3, 0.4) is 0 Å². The number of aryl methyl sites for hydroxylation is 1. The molecule has 0 N–H and O–H groups in total. The zero-order chi connectivity index (χ0) is 14.3. The van der Waals surface area contributed by atoms with E-state index in [1.165, 1.54) is 0 Å². The molecule has 0 saturated heterocycles. The van der Waals surface area contributed by atoms with E-state index in [1.807, 2.05) is 0 Å². The van der Waals surface area contributed by atoms with Gasteiger partial charge in [0.1, 0.15) is 0 Å². The Morgan fingerprint density at radius 2 is 1.89 bits per heavy atom. The molecule has 0 aliphatic heterocycles. The monoisotopic (exact) mass is 272 g/mol. The highest BCUT2D eigenvalue weighted by molar-refractivity contribution is 5.83. The van der Waals surface area contributed by atoms with E-state index in [-0.39, 0.29) is 19.4 Å². The van der Waals surface area contributed by atoms with Crippen molar-refractivity contribution >= 4 is 5.97 Å². The molecule has 19 heavy (non-hydrogen) atoms. The number of halogens is 3. The van der Waals surface area contributed by atoms with Gasteiger partial charge in [0, 0.05) is 11.6 Å². The van der Waals surface area contributed by atoms with Gasteiger partial charge in [0.05, 0.1) is 6.61 Å². The largest absolute Gasteiger partial charge is 0.463 e. The third-order valence-corrected chi connectivity index (χ3v) is 2.47. The number of allylic oxidation sites excluding steroid dienone is 1. The van der Waals surface area contributed by atoms with Gasteiger partial charge in [0.2, 0.25) is 0 Å². The van der Waals surface area contributed by atoms with Gasteiger partial charge in [-0.25, -0.2) is 4.79 Å². The summed E-state index contributed by atoms with van der Waals surface area (Å²) in [5.41, 5.74) is -0.0729. The number of benzene rings is 1. The number of alkyl halides is 3. The van der Waals surface area contributed by atoms with Crippen LogP contribution in [-0.2, 0) is 16.0 Å². The Labute approximate surface area is 109 Å². The molecule has 0 fully saturated rings. The van der Waals surface area contributed by atoms with Crippen LogP contribution in [-0.4, -0.2) is 18.8 Å². The van der Waals surface area contributed by atoms with E-state index in [4.69, 9.17) is 0 Å². The molecule has 0 amide bonds. The molecule has 0 aromatic heterocycles. The quantitative estimate of drug-likeness (QED) is 0.604. The molecule has 2 nitrogen and oxygen atoms in total. The van der Waals surface area contributed by atoms with Gasteiger partial charge in [-0.3, -0.25) is 0 Å². The van der Waals surface area contributed by atoms with Crippen molar-refractivity contribution in [3.63, 3.8) is 0 Å².